The van der Waals surface area contributed by atoms with Crippen LogP contribution in [-0.4, -0.2) is 33.7 Å². The van der Waals surface area contributed by atoms with Crippen molar-refractivity contribution in [3.05, 3.63) is 82.9 Å². The molecule has 0 aromatic heterocycles. The highest BCUT2D eigenvalue weighted by atomic mass is 31.2. The van der Waals surface area contributed by atoms with Crippen LogP contribution >= 0.6 is 7.82 Å². The third-order valence-electron chi connectivity index (χ3n) is 5.24. The van der Waals surface area contributed by atoms with Crippen LogP contribution in [0.25, 0.3) is 0 Å². The summed E-state index contributed by atoms with van der Waals surface area (Å²) in [6, 6.07) is 15.4. The fourth-order valence-electron chi connectivity index (χ4n) is 4.00. The Labute approximate surface area is 186 Å². The van der Waals surface area contributed by atoms with Gasteiger partial charge in [0.1, 0.15) is 23.0 Å². The molecule has 2 atom stereocenters. The number of carboxylic acid groups (broad SMARTS) is 1. The maximum absolute atomic E-state index is 12.7. The molecule has 2 aliphatic heterocycles. The number of phenolic OH excluding ortho intramolecular Hbond substituents is 1. The van der Waals surface area contributed by atoms with Gasteiger partial charge in [-0.2, -0.15) is 0 Å². The highest BCUT2D eigenvalue weighted by Gasteiger charge is 2.53. The number of rotatable bonds is 5. The second-order valence-corrected chi connectivity index (χ2v) is 8.66. The summed E-state index contributed by atoms with van der Waals surface area (Å²) < 4.78 is 33.3. The summed E-state index contributed by atoms with van der Waals surface area (Å²) in [5, 5.41) is 18.6. The Hall–Kier alpha value is -3.85. The van der Waals surface area contributed by atoms with Crippen molar-refractivity contribution in [3.8, 4) is 23.0 Å². The molecule has 33 heavy (non-hydrogen) atoms. The molecule has 3 aromatic carbocycles. The molecule has 0 aliphatic carbocycles. The number of fused-ring (bicyclic) bond motifs is 6. The molecule has 168 valence electrons. The smallest absolute Gasteiger partial charge is 0.508 e. The van der Waals surface area contributed by atoms with Crippen LogP contribution in [-0.2, 0) is 24.2 Å². The number of benzene rings is 3. The van der Waals surface area contributed by atoms with Crippen LogP contribution in [0.15, 0.2) is 60.7 Å². The van der Waals surface area contributed by atoms with Crippen LogP contribution in [0, 0.1) is 0 Å². The Kier molecular flexibility index (Phi) is 4.68. The van der Waals surface area contributed by atoms with Crippen molar-refractivity contribution in [3.63, 3.8) is 0 Å². The number of carbonyl (C=O) groups is 2. The van der Waals surface area contributed by atoms with E-state index in [-0.39, 0.29) is 23.0 Å². The van der Waals surface area contributed by atoms with Gasteiger partial charge in [-0.25, -0.2) is 14.2 Å². The van der Waals surface area contributed by atoms with Gasteiger partial charge in [0.05, 0.1) is 5.56 Å². The first-order valence-electron chi connectivity index (χ1n) is 9.57. The van der Waals surface area contributed by atoms with Gasteiger partial charge >= 0.3 is 19.8 Å². The number of esters is 1. The maximum Gasteiger partial charge on any atom is 0.527 e. The lowest BCUT2D eigenvalue weighted by Crippen LogP contribution is -2.32. The van der Waals surface area contributed by atoms with Crippen LogP contribution in [0.5, 0.6) is 23.0 Å². The molecule has 1 spiro atoms. The van der Waals surface area contributed by atoms with Crippen molar-refractivity contribution in [1.82, 2.24) is 0 Å². The molecule has 0 bridgehead atoms. The first kappa shape index (κ1) is 21.0. The molecule has 0 amide bonds. The minimum atomic E-state index is -4.74. The number of aliphatic carboxylic acids is 1. The normalized spacial score (nSPS) is 19.5. The van der Waals surface area contributed by atoms with E-state index >= 15 is 0 Å². The highest BCUT2D eigenvalue weighted by molar-refractivity contribution is 7.47. The lowest BCUT2D eigenvalue weighted by molar-refractivity contribution is -0.139. The molecule has 2 unspecified atom stereocenters. The summed E-state index contributed by atoms with van der Waals surface area (Å²) in [5.74, 6) is -1.88. The summed E-state index contributed by atoms with van der Waals surface area (Å²) in [7, 11) is -4.74. The molecule has 5 rings (SSSR count). The predicted molar refractivity (Wildman–Crippen MR) is 110 cm³/mol. The monoisotopic (exact) mass is 470 g/mol. The molecule has 0 fully saturated rings. The second kappa shape index (κ2) is 7.35. The van der Waals surface area contributed by atoms with Gasteiger partial charge in [0, 0.05) is 28.8 Å². The van der Waals surface area contributed by atoms with Crippen molar-refractivity contribution in [2.75, 3.05) is 6.61 Å². The Balaban J connectivity index is 1.64. The number of phosphoric acid groups is 1. The summed E-state index contributed by atoms with van der Waals surface area (Å²) in [6.45, 7) is -1.03. The first-order chi connectivity index (χ1) is 15.7. The quantitative estimate of drug-likeness (QED) is 0.373. The highest BCUT2D eigenvalue weighted by Crippen LogP contribution is 2.57. The topological polar surface area (TPSA) is 149 Å². The molecule has 2 heterocycles. The van der Waals surface area contributed by atoms with E-state index in [1.54, 1.807) is 30.3 Å². The fraction of sp³-hybridized carbons (Fsp3) is 0.0909. The molecule has 11 heteroatoms. The van der Waals surface area contributed by atoms with Crippen molar-refractivity contribution < 1.29 is 47.8 Å². The zero-order chi connectivity index (χ0) is 23.4. The molecular weight excluding hydrogens is 455 g/mol. The van der Waals surface area contributed by atoms with Crippen molar-refractivity contribution in [2.24, 2.45) is 0 Å². The van der Waals surface area contributed by atoms with Gasteiger partial charge < -0.3 is 24.2 Å². The van der Waals surface area contributed by atoms with E-state index in [2.05, 4.69) is 4.52 Å². The number of aromatic hydroxyl groups is 1. The number of carboxylic acids is 1. The summed E-state index contributed by atoms with van der Waals surface area (Å²) in [4.78, 5) is 33.1. The zero-order valence-corrected chi connectivity index (χ0v) is 17.5. The molecule has 10 nitrogen and oxygen atoms in total. The van der Waals surface area contributed by atoms with Crippen molar-refractivity contribution >= 4 is 19.8 Å². The molecule has 0 saturated heterocycles. The molecule has 2 aliphatic rings. The summed E-state index contributed by atoms with van der Waals surface area (Å²) in [6.07, 6.45) is 0. The van der Waals surface area contributed by atoms with E-state index in [0.29, 0.717) is 22.3 Å². The minimum absolute atomic E-state index is 0.0840. The SMILES string of the molecule is O=C(O)COP(=O)(O)Oc1ccc2c(c1)Oc1cc(O)ccc1C21OC(=O)c2ccccc21. The van der Waals surface area contributed by atoms with Crippen LogP contribution in [0.1, 0.15) is 27.0 Å². The number of phenols is 1. The number of carbonyl (C=O) groups excluding carboxylic acids is 1. The third-order valence-corrected chi connectivity index (χ3v) is 6.14. The van der Waals surface area contributed by atoms with Crippen LogP contribution in [0.4, 0.5) is 0 Å². The van der Waals surface area contributed by atoms with Gasteiger partial charge in [-0.15, -0.1) is 0 Å². The average molecular weight is 470 g/mol. The Morgan fingerprint density at radius 3 is 2.45 bits per heavy atom. The summed E-state index contributed by atoms with van der Waals surface area (Å²) in [5.41, 5.74) is 0.457. The Morgan fingerprint density at radius 1 is 1.00 bits per heavy atom. The van der Waals surface area contributed by atoms with Crippen molar-refractivity contribution in [2.45, 2.75) is 5.60 Å². The lowest BCUT2D eigenvalue weighted by atomic mass is 9.77. The molecule has 0 radical (unpaired) electrons. The average Bonchev–Trinajstić information content (AvgIpc) is 3.05. The Morgan fingerprint density at radius 2 is 1.70 bits per heavy atom. The predicted octanol–water partition coefficient (Wildman–Crippen LogP) is 3.54. The van der Waals surface area contributed by atoms with E-state index in [4.69, 9.17) is 19.1 Å². The first-order valence-corrected chi connectivity index (χ1v) is 11.1. The number of ether oxygens (including phenoxy) is 2. The number of hydrogen-bond donors (Lipinski definition) is 3. The molecule has 3 aromatic rings. The molecule has 0 saturated carbocycles. The van der Waals surface area contributed by atoms with Gasteiger partial charge in [0.2, 0.25) is 0 Å². The van der Waals surface area contributed by atoms with Crippen molar-refractivity contribution in [1.29, 1.82) is 0 Å². The van der Waals surface area contributed by atoms with Gasteiger partial charge in [-0.1, -0.05) is 18.2 Å². The third kappa shape index (κ3) is 3.41. The van der Waals surface area contributed by atoms with E-state index in [1.807, 2.05) is 0 Å². The van der Waals surface area contributed by atoms with Crippen LogP contribution in [0.2, 0.25) is 0 Å². The lowest BCUT2D eigenvalue weighted by Gasteiger charge is -2.36. The van der Waals surface area contributed by atoms with E-state index < -0.39 is 32.0 Å². The van der Waals surface area contributed by atoms with Crippen LogP contribution in [0.3, 0.4) is 0 Å². The largest absolute Gasteiger partial charge is 0.527 e. The fourth-order valence-corrected chi connectivity index (χ4v) is 4.70. The zero-order valence-electron chi connectivity index (χ0n) is 16.6. The van der Waals surface area contributed by atoms with E-state index in [0.717, 1.165) is 0 Å². The van der Waals surface area contributed by atoms with Gasteiger partial charge in [0.15, 0.2) is 12.2 Å². The summed E-state index contributed by atoms with van der Waals surface area (Å²) >= 11 is 0. The molecular formula is C22H15O10P. The standard InChI is InChI=1S/C22H15O10P/c23-12-5-7-16-18(9-12)30-19-10-13(32-33(27,28)29-11-20(24)25)6-8-17(19)22(16)15-4-2-1-3-14(15)21(26)31-22/h1-10,23H,11H2,(H,24,25)(H,27,28). The molecule has 3 N–H and O–H groups in total. The maximum atomic E-state index is 12.7. The second-order valence-electron chi connectivity index (χ2n) is 7.28. The Bertz CT molecular complexity index is 1370. The van der Waals surface area contributed by atoms with Gasteiger partial charge in [0.25, 0.3) is 0 Å². The van der Waals surface area contributed by atoms with Gasteiger partial charge in [-0.05, 0) is 30.3 Å². The van der Waals surface area contributed by atoms with Crippen LogP contribution < -0.4 is 9.26 Å². The number of hydrogen-bond acceptors (Lipinski definition) is 8. The van der Waals surface area contributed by atoms with E-state index in [9.17, 15) is 24.2 Å². The number of phosphoric ester groups is 1. The van der Waals surface area contributed by atoms with E-state index in [1.165, 1.54) is 30.3 Å². The van der Waals surface area contributed by atoms with Gasteiger partial charge in [-0.3, -0.25) is 9.42 Å². The minimum Gasteiger partial charge on any atom is -0.508 e.